The van der Waals surface area contributed by atoms with Crippen molar-refractivity contribution >= 4 is 21.6 Å². The minimum atomic E-state index is -6.06. The molecule has 0 saturated carbocycles. The predicted octanol–water partition coefficient (Wildman–Crippen LogP) is 5.10. The highest BCUT2D eigenvalue weighted by atomic mass is 35.5. The van der Waals surface area contributed by atoms with Crippen LogP contribution in [-0.4, -0.2) is 67.5 Å². The highest BCUT2D eigenvalue weighted by molar-refractivity contribution is 7.88. The Labute approximate surface area is 214 Å². The van der Waals surface area contributed by atoms with Crippen molar-refractivity contribution in [1.29, 1.82) is 0 Å². The maximum Gasteiger partial charge on any atom is 0.430 e. The van der Waals surface area contributed by atoms with Gasteiger partial charge in [0, 0.05) is 54.4 Å². The molecule has 37 heavy (non-hydrogen) atoms. The fourth-order valence-electron chi connectivity index (χ4n) is 4.24. The number of hydrogen-bond acceptors (Lipinski definition) is 4. The van der Waals surface area contributed by atoms with Gasteiger partial charge in [-0.3, -0.25) is 4.90 Å². The second-order valence-corrected chi connectivity index (χ2v) is 11.2. The lowest BCUT2D eigenvalue weighted by Gasteiger charge is -2.33. The van der Waals surface area contributed by atoms with Gasteiger partial charge in [-0.15, -0.1) is 0 Å². The van der Waals surface area contributed by atoms with E-state index in [1.807, 2.05) is 4.90 Å². The number of halogens is 8. The molecular formula is C23H24ClF7N2O3S. The van der Waals surface area contributed by atoms with E-state index in [0.29, 0.717) is 42.8 Å². The van der Waals surface area contributed by atoms with Gasteiger partial charge < -0.3 is 5.11 Å². The van der Waals surface area contributed by atoms with Gasteiger partial charge in [0.15, 0.2) is 0 Å². The molecule has 0 bridgehead atoms. The molecule has 0 atom stereocenters. The Balaban J connectivity index is 1.93. The van der Waals surface area contributed by atoms with Crippen LogP contribution in [-0.2, 0) is 28.6 Å². The van der Waals surface area contributed by atoms with Crippen molar-refractivity contribution in [2.45, 2.75) is 37.8 Å². The van der Waals surface area contributed by atoms with E-state index in [2.05, 4.69) is 0 Å². The van der Waals surface area contributed by atoms with Gasteiger partial charge in [0.05, 0.1) is 6.26 Å². The van der Waals surface area contributed by atoms with Crippen LogP contribution in [0.4, 0.5) is 30.7 Å². The lowest BCUT2D eigenvalue weighted by molar-refractivity contribution is -0.376. The molecule has 0 radical (unpaired) electrons. The molecule has 14 heteroatoms. The molecule has 2 aromatic rings. The lowest BCUT2D eigenvalue weighted by Crippen LogP contribution is -2.53. The highest BCUT2D eigenvalue weighted by Gasteiger charge is 2.71. The van der Waals surface area contributed by atoms with Gasteiger partial charge in [-0.25, -0.2) is 12.8 Å². The average Bonchev–Trinajstić information content (AvgIpc) is 2.78. The van der Waals surface area contributed by atoms with E-state index in [1.54, 1.807) is 13.0 Å². The van der Waals surface area contributed by atoms with Crippen LogP contribution in [0.1, 0.15) is 23.6 Å². The minimum absolute atomic E-state index is 0.00109. The molecule has 1 aliphatic heterocycles. The maximum atomic E-state index is 15.1. The first-order valence-electron chi connectivity index (χ1n) is 11.0. The largest absolute Gasteiger partial charge is 0.430 e. The highest BCUT2D eigenvalue weighted by Crippen LogP contribution is 2.51. The van der Waals surface area contributed by atoms with Crippen LogP contribution >= 0.6 is 11.6 Å². The Kier molecular flexibility index (Phi) is 8.27. The third-order valence-corrected chi connectivity index (χ3v) is 7.96. The van der Waals surface area contributed by atoms with Crippen LogP contribution in [0.5, 0.6) is 0 Å². The van der Waals surface area contributed by atoms with Gasteiger partial charge in [-0.1, -0.05) is 36.7 Å². The number of piperazine rings is 1. The molecule has 206 valence electrons. The van der Waals surface area contributed by atoms with Crippen LogP contribution in [0.15, 0.2) is 30.3 Å². The first-order valence-corrected chi connectivity index (χ1v) is 13.3. The number of hydrogen-bond donors (Lipinski definition) is 1. The van der Waals surface area contributed by atoms with Crippen molar-refractivity contribution in [2.24, 2.45) is 0 Å². The van der Waals surface area contributed by atoms with E-state index in [0.717, 1.165) is 18.4 Å². The standard InChI is InChI=1S/C23H24ClF7N2O3S/c1-3-14-10-15(13-32-6-8-33(9-7-32)37(2,35)36)20(25)12-18(14)17-5-4-16(11-19(17)24)21(34,22(26,27)28)23(29,30)31/h4-5,10-12,34H,3,6-9,13H2,1-2H3. The summed E-state index contributed by atoms with van der Waals surface area (Å²) in [5.41, 5.74) is -5.62. The molecule has 0 aliphatic carbocycles. The fourth-order valence-corrected chi connectivity index (χ4v) is 5.35. The third kappa shape index (κ3) is 5.90. The summed E-state index contributed by atoms with van der Waals surface area (Å²) >= 11 is 6.07. The topological polar surface area (TPSA) is 60.9 Å². The molecule has 1 saturated heterocycles. The van der Waals surface area contributed by atoms with Crippen molar-refractivity contribution in [3.05, 3.63) is 57.9 Å². The molecule has 1 aliphatic rings. The second-order valence-electron chi connectivity index (χ2n) is 8.79. The Morgan fingerprint density at radius 3 is 1.95 bits per heavy atom. The Morgan fingerprint density at radius 2 is 1.49 bits per heavy atom. The Bertz CT molecular complexity index is 1240. The summed E-state index contributed by atoms with van der Waals surface area (Å²) in [7, 11) is -3.33. The second kappa shape index (κ2) is 10.3. The van der Waals surface area contributed by atoms with E-state index in [9.17, 15) is 39.9 Å². The smallest absolute Gasteiger partial charge is 0.369 e. The van der Waals surface area contributed by atoms with Gasteiger partial charge >= 0.3 is 12.4 Å². The van der Waals surface area contributed by atoms with Gasteiger partial charge in [0.25, 0.3) is 5.60 Å². The molecule has 0 amide bonds. The Morgan fingerprint density at radius 1 is 0.919 bits per heavy atom. The van der Waals surface area contributed by atoms with Crippen LogP contribution in [0.2, 0.25) is 5.02 Å². The van der Waals surface area contributed by atoms with Crippen molar-refractivity contribution < 1.29 is 44.3 Å². The summed E-state index contributed by atoms with van der Waals surface area (Å²) in [6.07, 6.45) is -10.7. The predicted molar refractivity (Wildman–Crippen MR) is 124 cm³/mol. The summed E-state index contributed by atoms with van der Waals surface area (Å²) < 4.78 is 119. The first-order chi connectivity index (χ1) is 16.9. The minimum Gasteiger partial charge on any atom is -0.369 e. The number of rotatable bonds is 6. The molecule has 3 rings (SSSR count). The van der Waals surface area contributed by atoms with Crippen molar-refractivity contribution in [2.75, 3.05) is 32.4 Å². The molecule has 0 unspecified atom stereocenters. The van der Waals surface area contributed by atoms with Crippen LogP contribution < -0.4 is 0 Å². The van der Waals surface area contributed by atoms with E-state index in [-0.39, 0.29) is 30.8 Å². The molecule has 1 fully saturated rings. The summed E-state index contributed by atoms with van der Waals surface area (Å²) in [6.45, 7) is 3.18. The molecule has 0 spiro atoms. The zero-order valence-electron chi connectivity index (χ0n) is 19.7. The van der Waals surface area contributed by atoms with Gasteiger partial charge in [-0.2, -0.15) is 30.6 Å². The van der Waals surface area contributed by atoms with E-state index >= 15 is 4.39 Å². The number of aryl methyl sites for hydroxylation is 1. The first kappa shape index (κ1) is 29.6. The SMILES string of the molecule is CCc1cc(CN2CCN(S(C)(=O)=O)CC2)c(F)cc1-c1ccc(C(O)(C(F)(F)F)C(F)(F)F)cc1Cl. The van der Waals surface area contributed by atoms with Gasteiger partial charge in [0.1, 0.15) is 5.82 Å². The number of aliphatic hydroxyl groups is 1. The number of nitrogens with zero attached hydrogens (tertiary/aromatic N) is 2. The summed E-state index contributed by atoms with van der Waals surface area (Å²) in [4.78, 5) is 1.87. The normalized spacial score (nSPS) is 16.8. The van der Waals surface area contributed by atoms with Crippen molar-refractivity contribution in [3.8, 4) is 11.1 Å². The Hall–Kier alpha value is -1.93. The van der Waals surface area contributed by atoms with E-state index in [4.69, 9.17) is 11.6 Å². The van der Waals surface area contributed by atoms with E-state index in [1.165, 1.54) is 4.31 Å². The molecule has 1 N–H and O–H groups in total. The zero-order valence-corrected chi connectivity index (χ0v) is 21.3. The molecule has 2 aromatic carbocycles. The van der Waals surface area contributed by atoms with Crippen LogP contribution in [0, 0.1) is 5.82 Å². The third-order valence-electron chi connectivity index (χ3n) is 6.34. The van der Waals surface area contributed by atoms with Gasteiger partial charge in [0.2, 0.25) is 10.0 Å². The van der Waals surface area contributed by atoms with Crippen LogP contribution in [0.3, 0.4) is 0 Å². The number of sulfonamides is 1. The summed E-state index contributed by atoms with van der Waals surface area (Å²) in [5, 5.41) is 9.10. The zero-order chi connectivity index (χ0) is 28.0. The molecule has 5 nitrogen and oxygen atoms in total. The maximum absolute atomic E-state index is 15.1. The molecular weight excluding hydrogens is 553 g/mol. The monoisotopic (exact) mass is 576 g/mol. The van der Waals surface area contributed by atoms with Crippen LogP contribution in [0.25, 0.3) is 11.1 Å². The average molecular weight is 577 g/mol. The van der Waals surface area contributed by atoms with Crippen molar-refractivity contribution in [3.63, 3.8) is 0 Å². The molecule has 0 aromatic heterocycles. The summed E-state index contributed by atoms with van der Waals surface area (Å²) in [6, 6.07) is 4.39. The van der Waals surface area contributed by atoms with Gasteiger partial charge in [-0.05, 0) is 29.7 Å². The molecule has 1 heterocycles. The fraction of sp³-hybridized carbons (Fsp3) is 0.478. The quantitative estimate of drug-likeness (QED) is 0.486. The number of benzene rings is 2. The van der Waals surface area contributed by atoms with Crippen molar-refractivity contribution in [1.82, 2.24) is 9.21 Å². The number of alkyl halides is 6. The summed E-state index contributed by atoms with van der Waals surface area (Å²) in [5.74, 6) is -0.667. The van der Waals surface area contributed by atoms with E-state index < -0.39 is 44.4 Å². The lowest BCUT2D eigenvalue weighted by atomic mass is 9.89.